The van der Waals surface area contributed by atoms with Crippen molar-refractivity contribution < 1.29 is 38.1 Å². The monoisotopic (exact) mass is 588 g/mol. The predicted octanol–water partition coefficient (Wildman–Crippen LogP) is 4.05. The first-order valence-electron chi connectivity index (χ1n) is 15.3. The number of methoxy groups -OCH3 is 2. The van der Waals surface area contributed by atoms with E-state index in [9.17, 15) is 14.4 Å². The number of Topliss-reactive ketones (excluding diaryl/α,β-unsaturated/α-hetero) is 1. The first-order valence-corrected chi connectivity index (χ1v) is 15.3. The highest BCUT2D eigenvalue weighted by Crippen LogP contribution is 2.59. The van der Waals surface area contributed by atoms with E-state index in [-0.39, 0.29) is 36.1 Å². The highest BCUT2D eigenvalue weighted by atomic mass is 16.6. The number of amides is 1. The molecule has 1 saturated carbocycles. The summed E-state index contributed by atoms with van der Waals surface area (Å²) in [5.74, 6) is 0.0358. The SMILES string of the molecule is COC(=O)C(CCCCNCC(=O)c1ccccc1)NC(=O)OC1CC[C@]2(CO2)C([C@]2(C)O[C@@H]2CCC(C)C)C1OC. The molecule has 1 amide bonds. The van der Waals surface area contributed by atoms with Crippen LogP contribution in [0, 0.1) is 11.8 Å². The summed E-state index contributed by atoms with van der Waals surface area (Å²) in [6.07, 6.45) is 3.75. The van der Waals surface area contributed by atoms with Gasteiger partial charge in [-0.25, -0.2) is 9.59 Å². The van der Waals surface area contributed by atoms with E-state index in [1.165, 1.54) is 7.11 Å². The quantitative estimate of drug-likeness (QED) is 0.127. The zero-order valence-electron chi connectivity index (χ0n) is 25.7. The van der Waals surface area contributed by atoms with Crippen molar-refractivity contribution in [3.8, 4) is 0 Å². The fourth-order valence-corrected chi connectivity index (χ4v) is 6.51. The Hall–Kier alpha value is -2.53. The lowest BCUT2D eigenvalue weighted by Crippen LogP contribution is -2.56. The molecule has 2 N–H and O–H groups in total. The van der Waals surface area contributed by atoms with Gasteiger partial charge in [-0.3, -0.25) is 4.79 Å². The van der Waals surface area contributed by atoms with Gasteiger partial charge in [0.05, 0.1) is 32.3 Å². The number of carbonyl (C=O) groups is 3. The summed E-state index contributed by atoms with van der Waals surface area (Å²) in [5.41, 5.74) is -0.0195. The van der Waals surface area contributed by atoms with Crippen LogP contribution in [0.25, 0.3) is 0 Å². The number of carbonyl (C=O) groups excluding carboxylic acids is 3. The third kappa shape index (κ3) is 7.89. The van der Waals surface area contributed by atoms with Crippen LogP contribution in [0.4, 0.5) is 4.79 Å². The minimum atomic E-state index is -0.836. The molecule has 2 saturated heterocycles. The van der Waals surface area contributed by atoms with Crippen LogP contribution >= 0.6 is 0 Å². The molecular weight excluding hydrogens is 540 g/mol. The molecule has 1 aromatic carbocycles. The molecule has 10 nitrogen and oxygen atoms in total. The molecule has 2 aliphatic heterocycles. The van der Waals surface area contributed by atoms with Crippen molar-refractivity contribution in [1.82, 2.24) is 10.6 Å². The molecule has 4 rings (SSSR count). The zero-order valence-corrected chi connectivity index (χ0v) is 25.7. The normalized spacial score (nSPS) is 30.5. The van der Waals surface area contributed by atoms with Crippen LogP contribution in [-0.4, -0.2) is 87.3 Å². The molecule has 0 radical (unpaired) electrons. The summed E-state index contributed by atoms with van der Waals surface area (Å²) in [5, 5.41) is 5.85. The van der Waals surface area contributed by atoms with E-state index in [0.29, 0.717) is 43.9 Å². The van der Waals surface area contributed by atoms with Crippen LogP contribution in [0.2, 0.25) is 0 Å². The van der Waals surface area contributed by atoms with Gasteiger partial charge in [-0.15, -0.1) is 0 Å². The smallest absolute Gasteiger partial charge is 0.408 e. The second kappa shape index (κ2) is 14.3. The molecule has 10 heteroatoms. The van der Waals surface area contributed by atoms with Gasteiger partial charge in [-0.05, 0) is 64.3 Å². The maximum atomic E-state index is 13.0. The Kier molecular flexibility index (Phi) is 11.0. The molecule has 4 unspecified atom stereocenters. The third-order valence-corrected chi connectivity index (χ3v) is 9.02. The van der Waals surface area contributed by atoms with E-state index in [0.717, 1.165) is 25.7 Å². The minimum Gasteiger partial charge on any atom is -0.467 e. The number of epoxide rings is 2. The van der Waals surface area contributed by atoms with Crippen LogP contribution < -0.4 is 10.6 Å². The summed E-state index contributed by atoms with van der Waals surface area (Å²) in [7, 11) is 2.94. The molecule has 2 heterocycles. The Morgan fingerprint density at radius 2 is 1.83 bits per heavy atom. The standard InChI is InChI=1S/C32H48N2O8/c1-21(2)14-15-26-31(3,42-26)28-27(38-4)25(16-17-32(28)20-40-32)41-30(37)34-23(29(36)39-5)13-9-10-18-33-19-24(35)22-11-7-6-8-12-22/h6-8,11-12,21,23,25-28,33H,9-10,13-20H2,1-5H3,(H,34,37)/t23?,25?,26-,27?,28?,31-,32+/m1/s1. The lowest BCUT2D eigenvalue weighted by Gasteiger charge is -2.42. The highest BCUT2D eigenvalue weighted by Gasteiger charge is 2.72. The first-order chi connectivity index (χ1) is 20.1. The van der Waals surface area contributed by atoms with Crippen LogP contribution in [0.15, 0.2) is 30.3 Å². The van der Waals surface area contributed by atoms with Crippen molar-refractivity contribution in [3.05, 3.63) is 35.9 Å². The van der Waals surface area contributed by atoms with Gasteiger partial charge in [0.1, 0.15) is 29.5 Å². The lowest BCUT2D eigenvalue weighted by molar-refractivity contribution is -0.143. The van der Waals surface area contributed by atoms with Gasteiger partial charge >= 0.3 is 12.1 Å². The third-order valence-electron chi connectivity index (χ3n) is 9.02. The van der Waals surface area contributed by atoms with Crippen molar-refractivity contribution in [2.75, 3.05) is 33.9 Å². The second-order valence-corrected chi connectivity index (χ2v) is 12.5. The van der Waals surface area contributed by atoms with Crippen LogP contribution in [0.5, 0.6) is 0 Å². The number of rotatable bonds is 16. The fourth-order valence-electron chi connectivity index (χ4n) is 6.51. The van der Waals surface area contributed by atoms with E-state index in [1.54, 1.807) is 19.2 Å². The largest absolute Gasteiger partial charge is 0.467 e. The van der Waals surface area contributed by atoms with Gasteiger partial charge in [0.2, 0.25) is 0 Å². The van der Waals surface area contributed by atoms with Gasteiger partial charge < -0.3 is 34.3 Å². The Morgan fingerprint density at radius 3 is 2.48 bits per heavy atom. The van der Waals surface area contributed by atoms with Gasteiger partial charge in [0, 0.05) is 12.7 Å². The lowest BCUT2D eigenvalue weighted by atomic mass is 9.68. The minimum absolute atomic E-state index is 0.0271. The molecule has 3 aliphatic rings. The molecular formula is C32H48N2O8. The summed E-state index contributed by atoms with van der Waals surface area (Å²) < 4.78 is 29.1. The van der Waals surface area contributed by atoms with Crippen LogP contribution in [-0.2, 0) is 28.5 Å². The van der Waals surface area contributed by atoms with Crippen molar-refractivity contribution in [2.45, 2.75) is 101 Å². The molecule has 0 aromatic heterocycles. The maximum Gasteiger partial charge on any atom is 0.408 e. The average molecular weight is 589 g/mol. The summed E-state index contributed by atoms with van der Waals surface area (Å²) in [4.78, 5) is 37.7. The second-order valence-electron chi connectivity index (χ2n) is 12.5. The number of nitrogens with one attached hydrogen (secondary N) is 2. The Morgan fingerprint density at radius 1 is 1.10 bits per heavy atom. The summed E-state index contributed by atoms with van der Waals surface area (Å²) in [6.45, 7) is 8.05. The molecule has 234 valence electrons. The number of ketones is 1. The Bertz CT molecular complexity index is 1060. The van der Waals surface area contributed by atoms with Gasteiger partial charge in [-0.2, -0.15) is 0 Å². The number of hydrogen-bond acceptors (Lipinski definition) is 9. The summed E-state index contributed by atoms with van der Waals surface area (Å²) >= 11 is 0. The van der Waals surface area contributed by atoms with Crippen molar-refractivity contribution >= 4 is 17.8 Å². The zero-order chi connectivity index (χ0) is 30.3. The molecule has 1 aromatic rings. The van der Waals surface area contributed by atoms with Crippen LogP contribution in [0.1, 0.15) is 76.1 Å². The summed E-state index contributed by atoms with van der Waals surface area (Å²) in [6, 6.07) is 8.30. The number of ether oxygens (including phenoxy) is 5. The molecule has 7 atom stereocenters. The number of hydrogen-bond donors (Lipinski definition) is 2. The average Bonchev–Trinajstić information content (AvgIpc) is 3.90. The van der Waals surface area contributed by atoms with Crippen LogP contribution in [0.3, 0.4) is 0 Å². The number of benzene rings is 1. The van der Waals surface area contributed by atoms with Crippen molar-refractivity contribution in [1.29, 1.82) is 0 Å². The number of esters is 1. The van der Waals surface area contributed by atoms with E-state index in [2.05, 4.69) is 31.4 Å². The Labute approximate surface area is 249 Å². The van der Waals surface area contributed by atoms with E-state index < -0.39 is 29.8 Å². The van der Waals surface area contributed by atoms with E-state index in [1.807, 2.05) is 18.2 Å². The predicted molar refractivity (Wildman–Crippen MR) is 156 cm³/mol. The van der Waals surface area contributed by atoms with Crippen molar-refractivity contribution in [3.63, 3.8) is 0 Å². The van der Waals surface area contributed by atoms with Crippen molar-refractivity contribution in [2.24, 2.45) is 11.8 Å². The first kappa shape index (κ1) is 32.4. The maximum absolute atomic E-state index is 13.0. The van der Waals surface area contributed by atoms with Gasteiger partial charge in [-0.1, -0.05) is 44.2 Å². The molecule has 1 aliphatic carbocycles. The topological polar surface area (TPSA) is 128 Å². The number of unbranched alkanes of at least 4 members (excludes halogenated alkanes) is 1. The highest BCUT2D eigenvalue weighted by molar-refractivity contribution is 5.97. The molecule has 0 bridgehead atoms. The van der Waals surface area contributed by atoms with E-state index >= 15 is 0 Å². The molecule has 1 spiro atoms. The molecule has 42 heavy (non-hydrogen) atoms. The van der Waals surface area contributed by atoms with Gasteiger partial charge in [0.15, 0.2) is 5.78 Å². The van der Waals surface area contributed by atoms with E-state index in [4.69, 9.17) is 23.7 Å². The molecule has 3 fully saturated rings. The fraction of sp³-hybridized carbons (Fsp3) is 0.719. The van der Waals surface area contributed by atoms with Gasteiger partial charge in [0.25, 0.3) is 0 Å². The Balaban J connectivity index is 1.25. The number of alkyl carbamates (subject to hydrolysis) is 1.